The Bertz CT molecular complexity index is 408. The van der Waals surface area contributed by atoms with Gasteiger partial charge in [-0.15, -0.1) is 0 Å². The Morgan fingerprint density at radius 1 is 0.265 bits per heavy atom. The molecule has 0 saturated heterocycles. The van der Waals surface area contributed by atoms with Crippen LogP contribution >= 0.6 is 0 Å². The van der Waals surface area contributed by atoms with E-state index in [1.54, 1.807) is 0 Å². The third-order valence-electron chi connectivity index (χ3n) is 0. The Kier molecular flexibility index (Phi) is 124. The summed E-state index contributed by atoms with van der Waals surface area (Å²) >= 11 is -29.4. The molecule has 0 aromatic carbocycles. The zero-order valence-electron chi connectivity index (χ0n) is 16.5. The molecule has 0 aliphatic heterocycles. The van der Waals surface area contributed by atoms with Gasteiger partial charge in [0, 0.05) is 0 Å². The maximum absolute atomic E-state index is 8.61. The fourth-order valence-corrected chi connectivity index (χ4v) is 0. The van der Waals surface area contributed by atoms with E-state index >= 15 is 0 Å². The van der Waals surface area contributed by atoms with Crippen LogP contribution in [0.1, 0.15) is 0 Å². The second-order valence-electron chi connectivity index (χ2n) is 2.24. The molecule has 20 nitrogen and oxygen atoms in total. The minimum atomic E-state index is -5.88. The number of hydrogen-bond acceptors (Lipinski definition) is 20. The Morgan fingerprint density at radius 2 is 0.265 bits per heavy atom. The predicted molar refractivity (Wildman–Crippen MR) is 49.5 cm³/mol. The molecule has 0 atom stereocenters. The molecule has 0 saturated carbocycles. The number of hydrogen-bond donors (Lipinski definition) is 0. The van der Waals surface area contributed by atoms with Gasteiger partial charge in [-0.1, -0.05) is 0 Å². The van der Waals surface area contributed by atoms with Crippen LogP contribution in [0.15, 0.2) is 0 Å². The van der Waals surface area contributed by atoms with Crippen molar-refractivity contribution in [2.75, 3.05) is 0 Å². The first-order valence-corrected chi connectivity index (χ1v) is 19.0. The first kappa shape index (κ1) is 90.3. The van der Waals surface area contributed by atoms with Crippen LogP contribution in [0.2, 0.25) is 0 Å². The van der Waals surface area contributed by atoms with E-state index in [2.05, 4.69) is 0 Å². The van der Waals surface area contributed by atoms with Crippen LogP contribution in [0, 0.1) is 0 Å². The van der Waals surface area contributed by atoms with Gasteiger partial charge in [0.2, 0.25) is 0 Å². The molecule has 0 aromatic rings. The fourth-order valence-electron chi connectivity index (χ4n) is 0. The van der Waals surface area contributed by atoms with Crippen molar-refractivity contribution in [1.82, 2.24) is 0 Å². The molecule has 184 valence electrons. The van der Waals surface area contributed by atoms with E-state index in [9.17, 15) is 0 Å². The zero-order chi connectivity index (χ0) is 22.5. The predicted octanol–water partition coefficient (Wildman–Crippen LogP) is -30.5. The van der Waals surface area contributed by atoms with Crippen LogP contribution in [-0.2, 0) is 68.2 Å². The van der Waals surface area contributed by atoms with E-state index in [0.29, 0.717) is 0 Å². The van der Waals surface area contributed by atoms with Crippen LogP contribution < -0.4 is 150 Å². The summed E-state index contributed by atoms with van der Waals surface area (Å²) in [7, 11) is 0. The minimum Gasteiger partial charge on any atom is 1.00 e. The Morgan fingerprint density at radius 3 is 0.265 bits per heavy atom. The van der Waals surface area contributed by atoms with Crippen LogP contribution in [0.25, 0.3) is 0 Å². The molecule has 0 fully saturated rings. The van der Waals surface area contributed by atoms with Crippen molar-refractivity contribution in [2.24, 2.45) is 0 Å². The van der Waals surface area contributed by atoms with Crippen molar-refractivity contribution in [1.29, 1.82) is 0 Å². The minimum absolute atomic E-state index is 0. The quantitative estimate of drug-likeness (QED) is 0.203. The van der Waals surface area contributed by atoms with Gasteiger partial charge in [-0.3, -0.25) is 0 Å². The molecule has 0 bridgehead atoms. The largest absolute Gasteiger partial charge is 2.00 e. The average molecular weight is 1060 g/mol. The van der Waals surface area contributed by atoms with E-state index in [1.807, 2.05) is 0 Å². The van der Waals surface area contributed by atoms with E-state index < -0.39 is 72.6 Å². The molecule has 0 heterocycles. The monoisotopic (exact) mass is 1060 g/mol. The van der Waals surface area contributed by atoms with Crippen molar-refractivity contribution in [3.05, 3.63) is 0 Å². The van der Waals surface area contributed by atoms with E-state index in [4.69, 9.17) is 80.1 Å². The van der Waals surface area contributed by atoms with Gasteiger partial charge in [-0.25, -0.2) is 0 Å². The van der Waals surface area contributed by atoms with Gasteiger partial charge in [0.25, 0.3) is 0 Å². The van der Waals surface area contributed by atoms with Gasteiger partial charge in [0.05, 0.1) is 0 Å². The van der Waals surface area contributed by atoms with Crippen LogP contribution in [0.5, 0.6) is 0 Å². The van der Waals surface area contributed by atoms with Gasteiger partial charge in [0.1, 0.15) is 0 Å². The van der Waals surface area contributed by atoms with E-state index in [0.717, 1.165) is 0 Å². The standard InChI is InChI=1S/5AsH3O4.3Ca.3Na.3Ni/c5*2-1(3,4)5;;;;;;;;;/h5*(H3,2,3,4,5);;;;;;;;;/q;;;;;3*+2;3*+1;3*+2/p-15. The van der Waals surface area contributed by atoms with E-state index in [-0.39, 0.29) is 251 Å². The molecule has 0 aliphatic carbocycles. The Labute approximate surface area is 393 Å². The molecule has 34 heavy (non-hydrogen) atoms. The summed E-state index contributed by atoms with van der Waals surface area (Å²) in [4.78, 5) is 0. The van der Waals surface area contributed by atoms with E-state index in [1.165, 1.54) is 0 Å². The molecule has 0 radical (unpaired) electrons. The van der Waals surface area contributed by atoms with Gasteiger partial charge in [-0.2, -0.15) is 0 Å². The van der Waals surface area contributed by atoms with Crippen molar-refractivity contribution >= 4 is 186 Å². The van der Waals surface area contributed by atoms with Crippen molar-refractivity contribution in [3.63, 3.8) is 0 Å². The molecule has 0 unspecified atom stereocenters. The molecule has 0 rings (SSSR count). The second-order valence-corrected chi connectivity index (χ2v) is 11.6. The normalized spacial score (nSPS) is 8.68. The van der Waals surface area contributed by atoms with Crippen molar-refractivity contribution < 1.29 is 218 Å². The van der Waals surface area contributed by atoms with Gasteiger partial charge >= 0.3 is 404 Å². The van der Waals surface area contributed by atoms with Crippen LogP contribution in [0.4, 0.5) is 0 Å². The van der Waals surface area contributed by atoms with Gasteiger partial charge in [-0.05, 0) is 0 Å². The summed E-state index contributed by atoms with van der Waals surface area (Å²) in [6, 6.07) is 0. The molecular formula is As5Ca3Na3Ni3O20. The van der Waals surface area contributed by atoms with Crippen molar-refractivity contribution in [3.8, 4) is 0 Å². The summed E-state index contributed by atoms with van der Waals surface area (Å²) in [6.45, 7) is 0. The molecule has 0 spiro atoms. The number of rotatable bonds is 0. The molecular weight excluding hydrogens is 1060 g/mol. The smallest absolute Gasteiger partial charge is 1.00 e. The fraction of sp³-hybridized carbons (Fsp3) is 0. The summed E-state index contributed by atoms with van der Waals surface area (Å²) in [5.41, 5.74) is 0. The summed E-state index contributed by atoms with van der Waals surface area (Å²) in [5.74, 6) is 0. The zero-order valence-corrected chi connectivity index (χ0v) is 41.4. The maximum Gasteiger partial charge on any atom is 2.00 e. The maximum atomic E-state index is 8.61. The molecule has 34 heteroatoms. The van der Waals surface area contributed by atoms with Gasteiger partial charge < -0.3 is 0 Å². The average Bonchev–Trinajstić information content (AvgIpc) is 1.79. The van der Waals surface area contributed by atoms with Crippen LogP contribution in [0.3, 0.4) is 0 Å². The third-order valence-corrected chi connectivity index (χ3v) is 0. The molecule has 0 aliphatic rings. The topological polar surface area (TPSA) is 431 Å². The summed E-state index contributed by atoms with van der Waals surface area (Å²) < 4.78 is 172. The third kappa shape index (κ3) is 759. The molecule has 0 aromatic heterocycles. The summed E-state index contributed by atoms with van der Waals surface area (Å²) in [5, 5.41) is 0. The first-order chi connectivity index (χ1) is 10.0. The molecule has 0 N–H and O–H groups in total. The first-order valence-electron chi connectivity index (χ1n) is 3.65. The Hall–Kier alpha value is 9.45. The second kappa shape index (κ2) is 46.9. The van der Waals surface area contributed by atoms with Gasteiger partial charge in [0.15, 0.2) is 0 Å². The Balaban J connectivity index is -0.0000000115. The molecule has 0 amide bonds. The summed E-state index contributed by atoms with van der Waals surface area (Å²) in [6.07, 6.45) is 0. The SMILES string of the molecule is O=[As]([O-])([O-])[O-].O=[As]([O-])([O-])[O-].O=[As]([O-])([O-])[O-].O=[As]([O-])([O-])[O-].O=[As]([O-])([O-])[O-].[Ca+2].[Ca+2].[Ca+2].[Na+].[Na+].[Na+].[Ni+2].[Ni+2].[Ni+2]. The van der Waals surface area contributed by atoms with Crippen LogP contribution in [-0.4, -0.2) is 186 Å². The van der Waals surface area contributed by atoms with Crippen molar-refractivity contribution in [2.45, 2.75) is 0 Å².